The van der Waals surface area contributed by atoms with E-state index in [2.05, 4.69) is 0 Å². The first-order valence-electron chi connectivity index (χ1n) is 8.73. The van der Waals surface area contributed by atoms with Crippen LogP contribution in [0.15, 0.2) is 54.6 Å². The molecule has 0 amide bonds. The van der Waals surface area contributed by atoms with Crippen molar-refractivity contribution in [2.75, 3.05) is 0 Å². The van der Waals surface area contributed by atoms with E-state index < -0.39 is 7.14 Å². The smallest absolute Gasteiger partial charge is 0.124 e. The van der Waals surface area contributed by atoms with Gasteiger partial charge in [0.25, 0.3) is 0 Å². The van der Waals surface area contributed by atoms with Crippen LogP contribution in [-0.4, -0.2) is 0 Å². The fraction of sp³-hybridized carbons (Fsp3) is 0.182. The van der Waals surface area contributed by atoms with E-state index in [1.807, 2.05) is 32.0 Å². The van der Waals surface area contributed by atoms with Crippen molar-refractivity contribution in [2.24, 2.45) is 0 Å². The normalized spacial score (nSPS) is 11.6. The van der Waals surface area contributed by atoms with Crippen LogP contribution in [0.4, 0.5) is 0 Å². The Labute approximate surface area is 186 Å². The van der Waals surface area contributed by atoms with Crippen LogP contribution in [0.2, 0.25) is 20.1 Å². The molecule has 146 valence electrons. The highest BCUT2D eigenvalue weighted by molar-refractivity contribution is 7.70. The van der Waals surface area contributed by atoms with Gasteiger partial charge in [-0.1, -0.05) is 76.2 Å². The predicted molar refractivity (Wildman–Crippen MR) is 123 cm³/mol. The fourth-order valence-electron chi connectivity index (χ4n) is 3.26. The summed E-state index contributed by atoms with van der Waals surface area (Å²) in [6, 6.07) is 16.6. The van der Waals surface area contributed by atoms with Gasteiger partial charge in [-0.2, -0.15) is 0 Å². The molecule has 0 spiro atoms. The Balaban J connectivity index is 2.19. The molecule has 0 N–H and O–H groups in total. The lowest BCUT2D eigenvalue weighted by molar-refractivity contribution is 0.579. The molecule has 0 radical (unpaired) electrons. The van der Waals surface area contributed by atoms with Crippen LogP contribution >= 0.6 is 53.5 Å². The number of aryl methyl sites for hydroxylation is 2. The van der Waals surface area contributed by atoms with E-state index >= 15 is 0 Å². The molecule has 0 aliphatic rings. The largest absolute Gasteiger partial charge is 0.318 e. The molecule has 6 heteroatoms. The van der Waals surface area contributed by atoms with Gasteiger partial charge in [0.15, 0.2) is 0 Å². The molecule has 0 saturated heterocycles. The molecular formula is C22H19Cl4OP. The molecule has 0 aliphatic heterocycles. The SMILES string of the molecule is Cc1ccc(C)c(P(=O)(Cc2c(Cl)cccc2Cl)Cc2c(Cl)cccc2Cl)c1. The second-order valence-electron chi connectivity index (χ2n) is 6.90. The number of halogens is 4. The van der Waals surface area contributed by atoms with E-state index in [-0.39, 0.29) is 12.3 Å². The Kier molecular flexibility index (Phi) is 6.85. The van der Waals surface area contributed by atoms with Crippen molar-refractivity contribution < 1.29 is 4.57 Å². The molecule has 1 nitrogen and oxygen atoms in total. The second-order valence-corrected chi connectivity index (χ2v) is 11.4. The Morgan fingerprint density at radius 1 is 0.714 bits per heavy atom. The summed E-state index contributed by atoms with van der Waals surface area (Å²) in [5.74, 6) is 0. The summed E-state index contributed by atoms with van der Waals surface area (Å²) in [7, 11) is -3.03. The van der Waals surface area contributed by atoms with Crippen molar-refractivity contribution in [3.8, 4) is 0 Å². The molecule has 0 atom stereocenters. The van der Waals surface area contributed by atoms with Crippen molar-refractivity contribution in [3.63, 3.8) is 0 Å². The lowest BCUT2D eigenvalue weighted by Gasteiger charge is -2.23. The molecule has 0 aromatic heterocycles. The van der Waals surface area contributed by atoms with Crippen LogP contribution in [0.3, 0.4) is 0 Å². The second kappa shape index (κ2) is 8.82. The van der Waals surface area contributed by atoms with Crippen LogP contribution in [0, 0.1) is 13.8 Å². The molecule has 0 unspecified atom stereocenters. The van der Waals surface area contributed by atoms with Gasteiger partial charge >= 0.3 is 0 Å². The first kappa shape index (κ1) is 21.8. The van der Waals surface area contributed by atoms with Crippen molar-refractivity contribution >= 4 is 58.9 Å². The summed E-state index contributed by atoms with van der Waals surface area (Å²) in [5, 5.41) is 2.82. The van der Waals surface area contributed by atoms with Gasteiger partial charge in [-0.05, 0) is 60.9 Å². The average molecular weight is 472 g/mol. The maximum atomic E-state index is 14.5. The van der Waals surface area contributed by atoms with E-state index in [9.17, 15) is 4.57 Å². The quantitative estimate of drug-likeness (QED) is 0.342. The minimum atomic E-state index is -3.03. The maximum Gasteiger partial charge on any atom is 0.124 e. The number of hydrogen-bond acceptors (Lipinski definition) is 1. The van der Waals surface area contributed by atoms with Crippen LogP contribution in [-0.2, 0) is 16.9 Å². The van der Waals surface area contributed by atoms with Crippen molar-refractivity contribution in [2.45, 2.75) is 26.2 Å². The summed E-state index contributed by atoms with van der Waals surface area (Å²) >= 11 is 25.6. The van der Waals surface area contributed by atoms with Gasteiger partial charge in [-0.25, -0.2) is 0 Å². The zero-order valence-electron chi connectivity index (χ0n) is 15.5. The van der Waals surface area contributed by atoms with Crippen LogP contribution in [0.1, 0.15) is 22.3 Å². The van der Waals surface area contributed by atoms with Gasteiger partial charge < -0.3 is 4.57 Å². The summed E-state index contributed by atoms with van der Waals surface area (Å²) in [6.07, 6.45) is 0.467. The fourth-order valence-corrected chi connectivity index (χ4v) is 8.01. The Bertz CT molecular complexity index is 980. The summed E-state index contributed by atoms with van der Waals surface area (Å²) in [5.41, 5.74) is 3.35. The third-order valence-corrected chi connectivity index (χ3v) is 9.18. The van der Waals surface area contributed by atoms with E-state index in [4.69, 9.17) is 46.4 Å². The monoisotopic (exact) mass is 470 g/mol. The molecular weight excluding hydrogens is 453 g/mol. The Morgan fingerprint density at radius 3 is 1.57 bits per heavy atom. The molecule has 0 fully saturated rings. The predicted octanol–water partition coefficient (Wildman–Crippen LogP) is 8.31. The van der Waals surface area contributed by atoms with Gasteiger partial charge in [0.1, 0.15) is 7.14 Å². The third-order valence-electron chi connectivity index (χ3n) is 4.75. The van der Waals surface area contributed by atoms with Gasteiger partial charge in [0.2, 0.25) is 0 Å². The molecule has 3 aromatic rings. The van der Waals surface area contributed by atoms with Crippen LogP contribution in [0.25, 0.3) is 0 Å². The minimum Gasteiger partial charge on any atom is -0.318 e. The maximum absolute atomic E-state index is 14.5. The summed E-state index contributed by atoms with van der Waals surface area (Å²) in [4.78, 5) is 0. The lowest BCUT2D eigenvalue weighted by atomic mass is 10.2. The summed E-state index contributed by atoms with van der Waals surface area (Å²) < 4.78 is 14.5. The highest BCUT2D eigenvalue weighted by atomic mass is 35.5. The van der Waals surface area contributed by atoms with Crippen molar-refractivity contribution in [1.82, 2.24) is 0 Å². The zero-order valence-corrected chi connectivity index (χ0v) is 19.4. The van der Waals surface area contributed by atoms with E-state index in [1.54, 1.807) is 36.4 Å². The highest BCUT2D eigenvalue weighted by Gasteiger charge is 2.31. The third kappa shape index (κ3) is 4.61. The number of rotatable bonds is 5. The number of hydrogen-bond donors (Lipinski definition) is 0. The van der Waals surface area contributed by atoms with Gasteiger partial charge in [-0.3, -0.25) is 0 Å². The van der Waals surface area contributed by atoms with E-state index in [0.717, 1.165) is 16.4 Å². The molecule has 0 heterocycles. The molecule has 3 aromatic carbocycles. The standard InChI is InChI=1S/C22H19Cl4OP/c1-14-9-10-15(2)22(11-14)28(27,12-16-18(23)5-3-6-19(16)24)13-17-20(25)7-4-8-21(17)26/h3-11H,12-13H2,1-2H3. The van der Waals surface area contributed by atoms with Gasteiger partial charge in [0.05, 0.1) is 0 Å². The van der Waals surface area contributed by atoms with E-state index in [1.165, 1.54) is 0 Å². The first-order valence-corrected chi connectivity index (χ1v) is 12.3. The molecule has 0 bridgehead atoms. The van der Waals surface area contributed by atoms with Crippen LogP contribution in [0.5, 0.6) is 0 Å². The molecule has 3 rings (SSSR count). The van der Waals surface area contributed by atoms with E-state index in [0.29, 0.717) is 31.2 Å². The first-order chi connectivity index (χ1) is 13.2. The average Bonchev–Trinajstić information content (AvgIpc) is 2.64. The van der Waals surface area contributed by atoms with Gasteiger partial charge in [-0.15, -0.1) is 0 Å². The molecule has 0 aliphatic carbocycles. The van der Waals surface area contributed by atoms with Crippen molar-refractivity contribution in [3.05, 3.63) is 96.9 Å². The topological polar surface area (TPSA) is 17.1 Å². The zero-order chi connectivity index (χ0) is 20.5. The molecule has 28 heavy (non-hydrogen) atoms. The minimum absolute atomic E-state index is 0.233. The Morgan fingerprint density at radius 2 is 1.14 bits per heavy atom. The van der Waals surface area contributed by atoms with Crippen molar-refractivity contribution in [1.29, 1.82) is 0 Å². The lowest BCUT2D eigenvalue weighted by Crippen LogP contribution is -2.14. The number of benzene rings is 3. The van der Waals surface area contributed by atoms with Crippen LogP contribution < -0.4 is 5.30 Å². The highest BCUT2D eigenvalue weighted by Crippen LogP contribution is 2.55. The van der Waals surface area contributed by atoms with Gasteiger partial charge in [0, 0.05) is 37.7 Å². The summed E-state index contributed by atoms with van der Waals surface area (Å²) in [6.45, 7) is 3.95. The molecule has 0 saturated carbocycles. The Hall–Kier alpha value is -0.950.